The van der Waals surface area contributed by atoms with E-state index in [-0.39, 0.29) is 5.97 Å². The summed E-state index contributed by atoms with van der Waals surface area (Å²) in [6.45, 7) is 16.9. The van der Waals surface area contributed by atoms with Gasteiger partial charge < -0.3 is 17.7 Å². The molecule has 0 bridgehead atoms. The fourth-order valence-corrected chi connectivity index (χ4v) is 16.5. The van der Waals surface area contributed by atoms with Crippen molar-refractivity contribution in [1.82, 2.24) is 0 Å². The van der Waals surface area contributed by atoms with E-state index >= 15 is 0 Å². The van der Waals surface area contributed by atoms with Crippen LogP contribution in [-0.2, 0) is 19.4 Å². The Morgan fingerprint density at radius 1 is 0.963 bits per heavy atom. The molecule has 27 heavy (non-hydrogen) atoms. The monoisotopic (exact) mass is 428 g/mol. The number of carbonyl (C=O) groups excluding carboxylic acids is 1. The van der Waals surface area contributed by atoms with Gasteiger partial charge in [0, 0.05) is 6.92 Å². The maximum atomic E-state index is 11.2. The second-order valence-corrected chi connectivity index (χ2v) is 21.6. The van der Waals surface area contributed by atoms with Crippen molar-refractivity contribution >= 4 is 31.2 Å². The molecule has 5 nitrogen and oxygen atoms in total. The first kappa shape index (κ1) is 24.1. The molecule has 0 saturated carbocycles. The number of ether oxygens (including phenoxy) is 2. The first-order valence-electron chi connectivity index (χ1n) is 9.49. The van der Waals surface area contributed by atoms with Crippen LogP contribution in [0.4, 0.5) is 0 Å². The largest absolute Gasteiger partial charge is 0.493 e. The van der Waals surface area contributed by atoms with Gasteiger partial charge in [-0.25, -0.2) is 0 Å². The molecule has 0 fully saturated rings. The predicted octanol–water partition coefficient (Wildman–Crippen LogP) is 5.33. The van der Waals surface area contributed by atoms with Gasteiger partial charge >= 0.3 is 14.5 Å². The molecular formula is C19H36O5Si3. The molecular weight excluding hydrogens is 392 g/mol. The molecule has 1 rings (SSSR count). The van der Waals surface area contributed by atoms with Gasteiger partial charge in [0.2, 0.25) is 0 Å². The standard InChI is InChI=1S/C19H36O5Si3/c1-16(20)22-18-13-12-17(15-19(18)21-2)11-10-14-26(6,7)24-27(8,9)23-25(3,4)5/h12-13,15H,10-11,14H2,1-9H3. The molecule has 0 aliphatic rings. The first-order chi connectivity index (χ1) is 12.2. The van der Waals surface area contributed by atoms with Crippen LogP contribution >= 0.6 is 0 Å². The van der Waals surface area contributed by atoms with Gasteiger partial charge in [-0.15, -0.1) is 0 Å². The van der Waals surface area contributed by atoms with E-state index in [9.17, 15) is 4.79 Å². The van der Waals surface area contributed by atoms with Crippen molar-refractivity contribution in [1.29, 1.82) is 0 Å². The number of benzene rings is 1. The van der Waals surface area contributed by atoms with Crippen molar-refractivity contribution in [2.24, 2.45) is 0 Å². The quantitative estimate of drug-likeness (QED) is 0.286. The zero-order chi connectivity index (χ0) is 20.9. The number of esters is 1. The maximum absolute atomic E-state index is 11.2. The van der Waals surface area contributed by atoms with Crippen molar-refractivity contribution < 1.29 is 22.5 Å². The molecule has 0 N–H and O–H groups in total. The zero-order valence-corrected chi connectivity index (χ0v) is 21.4. The predicted molar refractivity (Wildman–Crippen MR) is 118 cm³/mol. The van der Waals surface area contributed by atoms with E-state index in [0.717, 1.165) is 18.9 Å². The lowest BCUT2D eigenvalue weighted by Gasteiger charge is -2.37. The molecule has 1 aromatic carbocycles. The lowest BCUT2D eigenvalue weighted by molar-refractivity contribution is -0.132. The van der Waals surface area contributed by atoms with Crippen LogP contribution in [-0.4, -0.2) is 38.3 Å². The second kappa shape index (κ2) is 9.51. The van der Waals surface area contributed by atoms with Gasteiger partial charge in [-0.1, -0.05) is 6.07 Å². The number of methoxy groups -OCH3 is 1. The van der Waals surface area contributed by atoms with Gasteiger partial charge in [-0.05, 0) is 82.4 Å². The second-order valence-electron chi connectivity index (χ2n) is 8.91. The summed E-state index contributed by atoms with van der Waals surface area (Å²) in [6.07, 6.45) is 1.99. The summed E-state index contributed by atoms with van der Waals surface area (Å²) in [5, 5.41) is 0. The Kier molecular flexibility index (Phi) is 8.49. The Morgan fingerprint density at radius 2 is 1.59 bits per heavy atom. The van der Waals surface area contributed by atoms with Crippen LogP contribution < -0.4 is 9.47 Å². The van der Waals surface area contributed by atoms with Crippen LogP contribution in [0.2, 0.25) is 51.9 Å². The van der Waals surface area contributed by atoms with Gasteiger partial charge in [0.05, 0.1) is 7.11 Å². The Bertz CT molecular complexity index is 639. The SMILES string of the molecule is COc1cc(CCC[Si](C)(C)O[Si](C)(C)O[Si](C)(C)C)ccc1OC(C)=O. The average molecular weight is 429 g/mol. The van der Waals surface area contributed by atoms with Crippen LogP contribution in [0.3, 0.4) is 0 Å². The van der Waals surface area contributed by atoms with Crippen molar-refractivity contribution in [2.75, 3.05) is 7.11 Å². The number of hydrogen-bond acceptors (Lipinski definition) is 5. The molecule has 0 spiro atoms. The molecule has 8 heteroatoms. The van der Waals surface area contributed by atoms with E-state index in [1.165, 1.54) is 12.5 Å². The summed E-state index contributed by atoms with van der Waals surface area (Å²) < 4.78 is 23.4. The smallest absolute Gasteiger partial charge is 0.311 e. The normalized spacial score (nSPS) is 12.8. The summed E-state index contributed by atoms with van der Waals surface area (Å²) in [6, 6.07) is 6.81. The molecule has 0 aromatic heterocycles. The fourth-order valence-electron chi connectivity index (χ4n) is 3.30. The highest BCUT2D eigenvalue weighted by Crippen LogP contribution is 2.30. The summed E-state index contributed by atoms with van der Waals surface area (Å²) in [5.74, 6) is 0.703. The zero-order valence-electron chi connectivity index (χ0n) is 18.4. The first-order valence-corrected chi connectivity index (χ1v) is 18.8. The maximum Gasteiger partial charge on any atom is 0.311 e. The Hall–Kier alpha value is -0.939. The van der Waals surface area contributed by atoms with E-state index in [0.29, 0.717) is 11.5 Å². The lowest BCUT2D eigenvalue weighted by Crippen LogP contribution is -2.51. The molecule has 0 atom stereocenters. The summed E-state index contributed by atoms with van der Waals surface area (Å²) >= 11 is 0. The van der Waals surface area contributed by atoms with Gasteiger partial charge in [-0.3, -0.25) is 4.79 Å². The van der Waals surface area contributed by atoms with Crippen LogP contribution in [0, 0.1) is 0 Å². The van der Waals surface area contributed by atoms with Crippen LogP contribution in [0.5, 0.6) is 11.5 Å². The van der Waals surface area contributed by atoms with Crippen LogP contribution in [0.15, 0.2) is 18.2 Å². The minimum absolute atomic E-state index is 0.349. The number of hydrogen-bond donors (Lipinski definition) is 0. The lowest BCUT2D eigenvalue weighted by atomic mass is 10.1. The molecule has 0 unspecified atom stereocenters. The van der Waals surface area contributed by atoms with Crippen LogP contribution in [0.25, 0.3) is 0 Å². The van der Waals surface area contributed by atoms with E-state index in [4.69, 9.17) is 17.7 Å². The number of rotatable bonds is 10. The summed E-state index contributed by atoms with van der Waals surface area (Å²) in [7, 11) is -3.89. The Labute approximate surface area is 167 Å². The van der Waals surface area contributed by atoms with Crippen molar-refractivity contribution in [3.63, 3.8) is 0 Å². The van der Waals surface area contributed by atoms with E-state index in [1.807, 2.05) is 12.1 Å². The molecule has 1 aromatic rings. The van der Waals surface area contributed by atoms with E-state index < -0.39 is 25.2 Å². The van der Waals surface area contributed by atoms with Crippen molar-refractivity contribution in [3.05, 3.63) is 23.8 Å². The van der Waals surface area contributed by atoms with E-state index in [2.05, 4.69) is 45.8 Å². The molecule has 154 valence electrons. The highest BCUT2D eigenvalue weighted by atomic mass is 28.5. The highest BCUT2D eigenvalue weighted by molar-refractivity contribution is 6.87. The number of aryl methyl sites for hydroxylation is 1. The molecule has 0 saturated heterocycles. The van der Waals surface area contributed by atoms with Gasteiger partial charge in [0.1, 0.15) is 0 Å². The third-order valence-electron chi connectivity index (χ3n) is 3.80. The Morgan fingerprint density at radius 3 is 2.11 bits per heavy atom. The topological polar surface area (TPSA) is 54.0 Å². The molecule has 0 radical (unpaired) electrons. The fraction of sp³-hybridized carbons (Fsp3) is 0.632. The van der Waals surface area contributed by atoms with Crippen molar-refractivity contribution in [2.45, 2.75) is 71.6 Å². The highest BCUT2D eigenvalue weighted by Gasteiger charge is 2.37. The molecule has 0 aliphatic carbocycles. The number of carbonyl (C=O) groups is 1. The molecule has 0 amide bonds. The van der Waals surface area contributed by atoms with E-state index in [1.54, 1.807) is 13.2 Å². The Balaban J connectivity index is 2.64. The minimum atomic E-state index is -2.09. The third-order valence-corrected chi connectivity index (χ3v) is 14.0. The third kappa shape index (κ3) is 9.70. The average Bonchev–Trinajstić information content (AvgIpc) is 2.43. The molecule has 0 heterocycles. The molecule has 0 aliphatic heterocycles. The van der Waals surface area contributed by atoms with Crippen LogP contribution in [0.1, 0.15) is 18.9 Å². The summed E-state index contributed by atoms with van der Waals surface area (Å²) in [5.41, 5.74) is 1.17. The minimum Gasteiger partial charge on any atom is -0.493 e. The van der Waals surface area contributed by atoms with Gasteiger partial charge in [0.25, 0.3) is 0 Å². The van der Waals surface area contributed by atoms with Gasteiger partial charge in [0.15, 0.2) is 28.1 Å². The van der Waals surface area contributed by atoms with Crippen molar-refractivity contribution in [3.8, 4) is 11.5 Å². The summed E-state index contributed by atoms with van der Waals surface area (Å²) in [4.78, 5) is 11.2. The van der Waals surface area contributed by atoms with Gasteiger partial charge in [-0.2, -0.15) is 0 Å².